The van der Waals surface area contributed by atoms with E-state index in [1.807, 2.05) is 0 Å². The molecule has 0 bridgehead atoms. The minimum atomic E-state index is -0.421. The summed E-state index contributed by atoms with van der Waals surface area (Å²) in [5.41, 5.74) is 0.149. The molecular formula is C13H14O4. The van der Waals surface area contributed by atoms with Gasteiger partial charge in [-0.3, -0.25) is 4.79 Å². The lowest BCUT2D eigenvalue weighted by molar-refractivity contribution is -0.0505. The van der Waals surface area contributed by atoms with Gasteiger partial charge in [0, 0.05) is 18.9 Å². The van der Waals surface area contributed by atoms with Gasteiger partial charge in [-0.25, -0.2) is 0 Å². The highest BCUT2D eigenvalue weighted by Crippen LogP contribution is 2.40. The van der Waals surface area contributed by atoms with Crippen LogP contribution in [-0.4, -0.2) is 29.7 Å². The van der Waals surface area contributed by atoms with Gasteiger partial charge in [0.15, 0.2) is 5.78 Å². The molecule has 0 atom stereocenters. The molecule has 4 heteroatoms. The van der Waals surface area contributed by atoms with E-state index in [1.54, 1.807) is 6.07 Å². The number of Topliss-reactive ketones (excluding diaryl/α,β-unsaturated/α-hetero) is 1. The Kier molecular flexibility index (Phi) is 2.33. The highest BCUT2D eigenvalue weighted by Gasteiger charge is 2.41. The van der Waals surface area contributed by atoms with Crippen LogP contribution in [0.2, 0.25) is 0 Å². The number of benzene rings is 1. The quantitative estimate of drug-likeness (QED) is 0.745. The summed E-state index contributed by atoms with van der Waals surface area (Å²) in [4.78, 5) is 12.1. The summed E-state index contributed by atoms with van der Waals surface area (Å²) in [5.74, 6) is 0.719. The third kappa shape index (κ3) is 1.78. The van der Waals surface area contributed by atoms with Crippen LogP contribution in [0.15, 0.2) is 18.2 Å². The van der Waals surface area contributed by atoms with Crippen molar-refractivity contribution in [3.05, 3.63) is 23.8 Å². The molecule has 0 radical (unpaired) electrons. The maximum atomic E-state index is 12.1. The summed E-state index contributed by atoms with van der Waals surface area (Å²) < 4.78 is 11.3. The minimum absolute atomic E-state index is 0.0909. The van der Waals surface area contributed by atoms with E-state index < -0.39 is 5.60 Å². The lowest BCUT2D eigenvalue weighted by Crippen LogP contribution is -2.46. The molecule has 0 aromatic heterocycles. The monoisotopic (exact) mass is 234 g/mol. The van der Waals surface area contributed by atoms with Crippen molar-refractivity contribution in [2.75, 3.05) is 13.2 Å². The van der Waals surface area contributed by atoms with E-state index in [4.69, 9.17) is 9.47 Å². The molecule has 0 aliphatic carbocycles. The number of phenols is 1. The molecule has 2 aliphatic rings. The Morgan fingerprint density at radius 2 is 2.00 bits per heavy atom. The van der Waals surface area contributed by atoms with Crippen molar-refractivity contribution in [1.29, 1.82) is 0 Å². The fourth-order valence-corrected chi connectivity index (χ4v) is 2.51. The van der Waals surface area contributed by atoms with Crippen LogP contribution in [0.4, 0.5) is 0 Å². The van der Waals surface area contributed by atoms with Gasteiger partial charge in [0.1, 0.15) is 17.1 Å². The molecule has 2 heterocycles. The van der Waals surface area contributed by atoms with Crippen LogP contribution in [-0.2, 0) is 4.74 Å². The van der Waals surface area contributed by atoms with Crippen molar-refractivity contribution < 1.29 is 19.4 Å². The van der Waals surface area contributed by atoms with Gasteiger partial charge in [0.05, 0.1) is 25.2 Å². The number of hydrogen-bond donors (Lipinski definition) is 1. The topological polar surface area (TPSA) is 55.8 Å². The summed E-state index contributed by atoms with van der Waals surface area (Å²) >= 11 is 0. The Balaban J connectivity index is 1.98. The number of ether oxygens (including phenoxy) is 2. The van der Waals surface area contributed by atoms with Crippen molar-refractivity contribution in [3.63, 3.8) is 0 Å². The normalized spacial score (nSPS) is 22.0. The van der Waals surface area contributed by atoms with Crippen LogP contribution in [0.1, 0.15) is 29.6 Å². The fraction of sp³-hybridized carbons (Fsp3) is 0.462. The van der Waals surface area contributed by atoms with E-state index in [9.17, 15) is 9.90 Å². The SMILES string of the molecule is O=C1CC2(CCOCC2)Oc2cc(O)ccc21. The summed E-state index contributed by atoms with van der Waals surface area (Å²) in [6, 6.07) is 4.66. The molecule has 1 spiro atoms. The van der Waals surface area contributed by atoms with Crippen molar-refractivity contribution in [2.24, 2.45) is 0 Å². The molecule has 1 saturated heterocycles. The van der Waals surface area contributed by atoms with E-state index in [0.29, 0.717) is 30.9 Å². The molecule has 0 unspecified atom stereocenters. The molecule has 1 N–H and O–H groups in total. The first-order chi connectivity index (χ1) is 8.19. The first kappa shape index (κ1) is 10.6. The van der Waals surface area contributed by atoms with Crippen molar-refractivity contribution >= 4 is 5.78 Å². The van der Waals surface area contributed by atoms with Gasteiger partial charge in [-0.05, 0) is 12.1 Å². The Hall–Kier alpha value is -1.55. The highest BCUT2D eigenvalue weighted by molar-refractivity contribution is 6.00. The Bertz CT molecular complexity index is 460. The molecule has 17 heavy (non-hydrogen) atoms. The largest absolute Gasteiger partial charge is 0.508 e. The molecule has 90 valence electrons. The van der Waals surface area contributed by atoms with E-state index in [-0.39, 0.29) is 11.5 Å². The number of carbonyl (C=O) groups excluding carboxylic acids is 1. The van der Waals surface area contributed by atoms with Crippen LogP contribution < -0.4 is 4.74 Å². The van der Waals surface area contributed by atoms with Crippen molar-refractivity contribution in [3.8, 4) is 11.5 Å². The minimum Gasteiger partial charge on any atom is -0.508 e. The number of phenolic OH excluding ortho intramolecular Hbond substituents is 1. The molecule has 3 rings (SSSR count). The molecule has 1 fully saturated rings. The number of rotatable bonds is 0. The summed E-state index contributed by atoms with van der Waals surface area (Å²) in [7, 11) is 0. The van der Waals surface area contributed by atoms with Crippen LogP contribution >= 0.6 is 0 Å². The van der Waals surface area contributed by atoms with Crippen molar-refractivity contribution in [2.45, 2.75) is 24.9 Å². The number of carbonyl (C=O) groups is 1. The van der Waals surface area contributed by atoms with Crippen molar-refractivity contribution in [1.82, 2.24) is 0 Å². The van der Waals surface area contributed by atoms with E-state index in [0.717, 1.165) is 12.8 Å². The highest BCUT2D eigenvalue weighted by atomic mass is 16.5. The average Bonchev–Trinajstić information content (AvgIpc) is 2.29. The average molecular weight is 234 g/mol. The second-order valence-corrected chi connectivity index (χ2v) is 4.68. The van der Waals surface area contributed by atoms with Gasteiger partial charge in [-0.2, -0.15) is 0 Å². The summed E-state index contributed by atoms with van der Waals surface area (Å²) in [6.07, 6.45) is 1.87. The summed E-state index contributed by atoms with van der Waals surface area (Å²) in [6.45, 7) is 1.25. The Labute approximate surface area is 99.2 Å². The molecule has 0 amide bonds. The van der Waals surface area contributed by atoms with Gasteiger partial charge in [-0.15, -0.1) is 0 Å². The van der Waals surface area contributed by atoms with Gasteiger partial charge in [-0.1, -0.05) is 0 Å². The second-order valence-electron chi connectivity index (χ2n) is 4.68. The zero-order valence-electron chi connectivity index (χ0n) is 9.44. The number of fused-ring (bicyclic) bond motifs is 1. The van der Waals surface area contributed by atoms with E-state index in [2.05, 4.69) is 0 Å². The number of ketones is 1. The fourth-order valence-electron chi connectivity index (χ4n) is 2.51. The summed E-state index contributed by atoms with van der Waals surface area (Å²) in [5, 5.41) is 9.45. The Morgan fingerprint density at radius 3 is 2.76 bits per heavy atom. The smallest absolute Gasteiger partial charge is 0.170 e. The van der Waals surface area contributed by atoms with E-state index >= 15 is 0 Å². The standard InChI is InChI=1S/C13H14O4/c14-9-1-2-10-11(15)8-13(17-12(10)7-9)3-5-16-6-4-13/h1-2,7,14H,3-6,8H2. The lowest BCUT2D eigenvalue weighted by atomic mass is 9.84. The molecule has 1 aromatic rings. The molecular weight excluding hydrogens is 220 g/mol. The third-order valence-corrected chi connectivity index (χ3v) is 3.48. The lowest BCUT2D eigenvalue weighted by Gasteiger charge is -2.40. The molecule has 4 nitrogen and oxygen atoms in total. The predicted molar refractivity (Wildman–Crippen MR) is 60.5 cm³/mol. The van der Waals surface area contributed by atoms with Gasteiger partial charge >= 0.3 is 0 Å². The Morgan fingerprint density at radius 1 is 1.24 bits per heavy atom. The maximum Gasteiger partial charge on any atom is 0.170 e. The zero-order chi connectivity index (χ0) is 11.9. The number of aromatic hydroxyl groups is 1. The molecule has 0 saturated carbocycles. The molecule has 2 aliphatic heterocycles. The number of hydrogen-bond acceptors (Lipinski definition) is 4. The van der Waals surface area contributed by atoms with Gasteiger partial charge < -0.3 is 14.6 Å². The molecule has 1 aromatic carbocycles. The predicted octanol–water partition coefficient (Wildman–Crippen LogP) is 1.91. The van der Waals surface area contributed by atoms with Gasteiger partial charge in [0.25, 0.3) is 0 Å². The maximum absolute atomic E-state index is 12.1. The van der Waals surface area contributed by atoms with Crippen LogP contribution in [0.3, 0.4) is 0 Å². The first-order valence-electron chi connectivity index (χ1n) is 5.82. The van der Waals surface area contributed by atoms with Crippen LogP contribution in [0, 0.1) is 0 Å². The first-order valence-corrected chi connectivity index (χ1v) is 5.82. The third-order valence-electron chi connectivity index (χ3n) is 3.48. The van der Waals surface area contributed by atoms with Crippen LogP contribution in [0.25, 0.3) is 0 Å². The van der Waals surface area contributed by atoms with Crippen LogP contribution in [0.5, 0.6) is 11.5 Å². The van der Waals surface area contributed by atoms with E-state index in [1.165, 1.54) is 12.1 Å². The zero-order valence-corrected chi connectivity index (χ0v) is 9.44. The van der Waals surface area contributed by atoms with Gasteiger partial charge in [0.2, 0.25) is 0 Å². The second kappa shape index (κ2) is 3.74.